The Morgan fingerprint density at radius 2 is 2.00 bits per heavy atom. The molecular weight excluding hydrogens is 347 g/mol. The molecule has 0 radical (unpaired) electrons. The van der Waals surface area contributed by atoms with Gasteiger partial charge in [0.05, 0.1) is 23.0 Å². The van der Waals surface area contributed by atoms with Crippen molar-refractivity contribution in [1.82, 2.24) is 5.32 Å². The highest BCUT2D eigenvalue weighted by Crippen LogP contribution is 2.47. The molecule has 1 saturated heterocycles. The molecule has 1 N–H and O–H groups in total. The Hall–Kier alpha value is -1.77. The normalized spacial score (nSPS) is 24.4. The molecule has 2 aliphatic rings. The van der Waals surface area contributed by atoms with Crippen LogP contribution in [-0.4, -0.2) is 32.2 Å². The van der Waals surface area contributed by atoms with Crippen LogP contribution in [0.3, 0.4) is 0 Å². The molecule has 5 nitrogen and oxygen atoms in total. The molecule has 0 spiro atoms. The number of carbonyl (C=O) groups excluding carboxylic acids is 1. The Bertz CT molecular complexity index is 756. The molecule has 1 aliphatic heterocycles. The van der Waals surface area contributed by atoms with Crippen LogP contribution in [0.5, 0.6) is 5.75 Å². The fourth-order valence-corrected chi connectivity index (χ4v) is 4.68. The molecule has 1 saturated carbocycles. The summed E-state index contributed by atoms with van der Waals surface area (Å²) < 4.78 is 63.8. The number of amides is 1. The van der Waals surface area contributed by atoms with Crippen LogP contribution in [0.2, 0.25) is 0 Å². The van der Waals surface area contributed by atoms with Gasteiger partial charge >= 0.3 is 6.36 Å². The molecule has 9 heteroatoms. The van der Waals surface area contributed by atoms with E-state index in [4.69, 9.17) is 0 Å². The summed E-state index contributed by atoms with van der Waals surface area (Å²) in [6, 6.07) is 5.51. The van der Waals surface area contributed by atoms with Gasteiger partial charge in [0.1, 0.15) is 5.75 Å². The molecule has 1 aliphatic carbocycles. The monoisotopic (exact) mass is 363 g/mol. The lowest BCUT2D eigenvalue weighted by molar-refractivity contribution is -0.274. The van der Waals surface area contributed by atoms with E-state index >= 15 is 0 Å². The highest BCUT2D eigenvalue weighted by molar-refractivity contribution is 7.91. The molecule has 1 aromatic rings. The minimum absolute atomic E-state index is 0.00695. The van der Waals surface area contributed by atoms with Crippen LogP contribution in [0.4, 0.5) is 13.2 Å². The number of ether oxygens (including phenoxy) is 1. The van der Waals surface area contributed by atoms with Crippen LogP contribution in [0.1, 0.15) is 24.8 Å². The van der Waals surface area contributed by atoms with E-state index in [1.807, 2.05) is 0 Å². The van der Waals surface area contributed by atoms with E-state index in [1.54, 1.807) is 6.07 Å². The van der Waals surface area contributed by atoms with Gasteiger partial charge in [-0.3, -0.25) is 4.79 Å². The zero-order chi connectivity index (χ0) is 17.6. The summed E-state index contributed by atoms with van der Waals surface area (Å²) in [7, 11) is -3.17. The fourth-order valence-electron chi connectivity index (χ4n) is 2.94. The van der Waals surface area contributed by atoms with E-state index in [0.29, 0.717) is 18.4 Å². The first-order chi connectivity index (χ1) is 11.1. The summed E-state index contributed by atoms with van der Waals surface area (Å²) in [4.78, 5) is 12.3. The summed E-state index contributed by atoms with van der Waals surface area (Å²) >= 11 is 0. The maximum absolute atomic E-state index is 12.3. The number of alkyl halides is 3. The molecule has 1 heterocycles. The number of nitrogens with one attached hydrogen (secondary N) is 1. The second-order valence-corrected chi connectivity index (χ2v) is 8.48. The van der Waals surface area contributed by atoms with Crippen molar-refractivity contribution in [1.29, 1.82) is 0 Å². The Labute approximate surface area is 137 Å². The molecule has 24 heavy (non-hydrogen) atoms. The Balaban J connectivity index is 1.72. The van der Waals surface area contributed by atoms with Gasteiger partial charge in [-0.15, -0.1) is 13.2 Å². The highest BCUT2D eigenvalue weighted by Gasteiger charge is 2.47. The Kier molecular flexibility index (Phi) is 4.01. The van der Waals surface area contributed by atoms with Crippen molar-refractivity contribution in [2.24, 2.45) is 5.92 Å². The molecule has 0 aromatic heterocycles. The van der Waals surface area contributed by atoms with Gasteiger partial charge < -0.3 is 10.1 Å². The number of benzene rings is 1. The zero-order valence-corrected chi connectivity index (χ0v) is 13.4. The number of hydrogen-bond acceptors (Lipinski definition) is 4. The van der Waals surface area contributed by atoms with Gasteiger partial charge in [-0.1, -0.05) is 12.1 Å². The predicted octanol–water partition coefficient (Wildman–Crippen LogP) is 2.13. The van der Waals surface area contributed by atoms with Crippen molar-refractivity contribution in [3.63, 3.8) is 0 Å². The van der Waals surface area contributed by atoms with E-state index in [1.165, 1.54) is 18.2 Å². The van der Waals surface area contributed by atoms with Crippen LogP contribution < -0.4 is 10.1 Å². The molecular formula is C15H16F3NO4S. The SMILES string of the molecule is O=C(NC1(c2cccc(OC(F)(F)F)c2)CC1)C1CCS(=O)(=O)C1. The van der Waals surface area contributed by atoms with Crippen molar-refractivity contribution in [3.8, 4) is 5.75 Å². The summed E-state index contributed by atoms with van der Waals surface area (Å²) in [6.45, 7) is 0. The number of hydrogen-bond donors (Lipinski definition) is 1. The first-order valence-electron chi connectivity index (χ1n) is 7.47. The Morgan fingerprint density at radius 3 is 2.54 bits per heavy atom. The average molecular weight is 363 g/mol. The van der Waals surface area contributed by atoms with Gasteiger partial charge in [0.2, 0.25) is 5.91 Å². The summed E-state index contributed by atoms with van der Waals surface area (Å²) in [5.41, 5.74) is -0.201. The van der Waals surface area contributed by atoms with Gasteiger partial charge in [0.15, 0.2) is 9.84 Å². The van der Waals surface area contributed by atoms with Crippen LogP contribution in [0.25, 0.3) is 0 Å². The van der Waals surface area contributed by atoms with E-state index in [2.05, 4.69) is 10.1 Å². The van der Waals surface area contributed by atoms with Crippen LogP contribution in [0.15, 0.2) is 24.3 Å². The maximum Gasteiger partial charge on any atom is 0.573 e. The van der Waals surface area contributed by atoms with E-state index in [9.17, 15) is 26.4 Å². The van der Waals surface area contributed by atoms with Crippen LogP contribution >= 0.6 is 0 Å². The van der Waals surface area contributed by atoms with Gasteiger partial charge in [0, 0.05) is 0 Å². The first-order valence-corrected chi connectivity index (χ1v) is 9.30. The molecule has 0 bridgehead atoms. The maximum atomic E-state index is 12.3. The van der Waals surface area contributed by atoms with Gasteiger partial charge in [-0.2, -0.15) is 0 Å². The fraction of sp³-hybridized carbons (Fsp3) is 0.533. The van der Waals surface area contributed by atoms with Crippen molar-refractivity contribution in [2.75, 3.05) is 11.5 Å². The molecule has 1 unspecified atom stereocenters. The smallest absolute Gasteiger partial charge is 0.406 e. The standard InChI is InChI=1S/C15H16F3NO4S/c16-15(17,18)23-12-3-1-2-11(8-12)14(5-6-14)19-13(20)10-4-7-24(21,22)9-10/h1-3,8,10H,4-7,9H2,(H,19,20). The molecule has 1 aromatic carbocycles. The molecule has 1 amide bonds. The summed E-state index contributed by atoms with van der Waals surface area (Å²) in [5.74, 6) is -1.49. The van der Waals surface area contributed by atoms with Gasteiger partial charge in [0.25, 0.3) is 0 Å². The van der Waals surface area contributed by atoms with Crippen LogP contribution in [-0.2, 0) is 20.2 Å². The van der Waals surface area contributed by atoms with Gasteiger partial charge in [-0.25, -0.2) is 8.42 Å². The lowest BCUT2D eigenvalue weighted by Gasteiger charge is -2.21. The van der Waals surface area contributed by atoms with E-state index in [-0.39, 0.29) is 29.6 Å². The third-order valence-corrected chi connectivity index (χ3v) is 6.10. The summed E-state index contributed by atoms with van der Waals surface area (Å²) in [6.07, 6.45) is -3.32. The number of halogens is 3. The zero-order valence-electron chi connectivity index (χ0n) is 12.6. The van der Waals surface area contributed by atoms with Gasteiger partial charge in [-0.05, 0) is 37.0 Å². The minimum atomic E-state index is -4.78. The predicted molar refractivity (Wildman–Crippen MR) is 78.9 cm³/mol. The van der Waals surface area contributed by atoms with Crippen molar-refractivity contribution >= 4 is 15.7 Å². The molecule has 1 atom stereocenters. The second-order valence-electron chi connectivity index (χ2n) is 6.25. The van der Waals surface area contributed by atoms with E-state index in [0.717, 1.165) is 0 Å². The van der Waals surface area contributed by atoms with E-state index < -0.39 is 27.7 Å². The van der Waals surface area contributed by atoms with Crippen molar-refractivity contribution in [3.05, 3.63) is 29.8 Å². The highest BCUT2D eigenvalue weighted by atomic mass is 32.2. The first kappa shape index (κ1) is 17.1. The van der Waals surface area contributed by atoms with Crippen LogP contribution in [0, 0.1) is 5.92 Å². The van der Waals surface area contributed by atoms with Crippen molar-refractivity contribution < 1.29 is 31.1 Å². The largest absolute Gasteiger partial charge is 0.573 e. The molecule has 132 valence electrons. The topological polar surface area (TPSA) is 72.5 Å². The number of sulfone groups is 1. The van der Waals surface area contributed by atoms with Crippen molar-refractivity contribution in [2.45, 2.75) is 31.2 Å². The average Bonchev–Trinajstić information content (AvgIpc) is 3.14. The minimum Gasteiger partial charge on any atom is -0.406 e. The lowest BCUT2D eigenvalue weighted by Crippen LogP contribution is -2.39. The third-order valence-electron chi connectivity index (χ3n) is 4.34. The second kappa shape index (κ2) is 5.65. The Morgan fingerprint density at radius 1 is 1.29 bits per heavy atom. The molecule has 3 rings (SSSR count). The number of rotatable bonds is 4. The number of carbonyl (C=O) groups is 1. The molecule has 2 fully saturated rings. The summed E-state index contributed by atoms with van der Waals surface area (Å²) in [5, 5.41) is 2.81. The quantitative estimate of drug-likeness (QED) is 0.890. The lowest BCUT2D eigenvalue weighted by atomic mass is 10.0. The third kappa shape index (κ3) is 3.82.